The molecule has 0 aliphatic rings. The number of carbonyl (C=O) groups is 1. The summed E-state index contributed by atoms with van der Waals surface area (Å²) < 4.78 is 11.8. The van der Waals surface area contributed by atoms with Gasteiger partial charge in [0.1, 0.15) is 5.75 Å². The second-order valence-corrected chi connectivity index (χ2v) is 8.05. The summed E-state index contributed by atoms with van der Waals surface area (Å²) in [6, 6.07) is 9.11. The molecule has 1 aromatic carbocycles. The van der Waals surface area contributed by atoms with Gasteiger partial charge in [-0.3, -0.25) is 10.1 Å². The fourth-order valence-corrected chi connectivity index (χ4v) is 3.82. The maximum atomic E-state index is 12.3. The predicted molar refractivity (Wildman–Crippen MR) is 107 cm³/mol. The number of unbranched alkanes of at least 4 members (excludes halogenated alkanes) is 1. The van der Waals surface area contributed by atoms with Crippen molar-refractivity contribution >= 4 is 34.1 Å². The van der Waals surface area contributed by atoms with E-state index in [1.54, 1.807) is 17.8 Å². The predicted octanol–water partition coefficient (Wildman–Crippen LogP) is 4.74. The van der Waals surface area contributed by atoms with E-state index in [1.165, 1.54) is 11.3 Å². The maximum Gasteiger partial charge on any atom is 0.279 e. The highest BCUT2D eigenvalue weighted by Crippen LogP contribution is 2.26. The zero-order valence-electron chi connectivity index (χ0n) is 15.1. The molecule has 0 saturated heterocycles. The van der Waals surface area contributed by atoms with Crippen LogP contribution in [0.5, 0.6) is 5.75 Å². The number of hydrogen-bond acceptors (Lipinski definition) is 8. The Kier molecular flexibility index (Phi) is 6.83. The second-order valence-electron chi connectivity index (χ2n) is 5.56. The van der Waals surface area contributed by atoms with Crippen molar-refractivity contribution < 1.29 is 14.1 Å². The van der Waals surface area contributed by atoms with E-state index in [0.717, 1.165) is 34.2 Å². The Morgan fingerprint density at radius 3 is 2.81 bits per heavy atom. The van der Waals surface area contributed by atoms with Gasteiger partial charge in [-0.25, -0.2) is 0 Å². The molecule has 9 heteroatoms. The van der Waals surface area contributed by atoms with Crippen molar-refractivity contribution in [3.8, 4) is 17.1 Å². The topological polar surface area (TPSA) is 90.1 Å². The van der Waals surface area contributed by atoms with Gasteiger partial charge in [-0.2, -0.15) is 0 Å². The average molecular weight is 405 g/mol. The molecule has 0 fully saturated rings. The van der Waals surface area contributed by atoms with Crippen molar-refractivity contribution in [3.05, 3.63) is 36.0 Å². The lowest BCUT2D eigenvalue weighted by Crippen LogP contribution is -2.11. The minimum atomic E-state index is -0.381. The molecule has 7 nitrogen and oxygen atoms in total. The molecule has 0 spiro atoms. The summed E-state index contributed by atoms with van der Waals surface area (Å²) in [4.78, 5) is 12.3. The van der Waals surface area contributed by atoms with Gasteiger partial charge in [0, 0.05) is 11.6 Å². The first-order valence-corrected chi connectivity index (χ1v) is 10.5. The Labute approximate surface area is 165 Å². The number of thioether (sulfide) groups is 1. The number of amides is 1. The summed E-state index contributed by atoms with van der Waals surface area (Å²) in [6.07, 6.45) is 2.12. The molecule has 27 heavy (non-hydrogen) atoms. The molecule has 0 radical (unpaired) electrons. The van der Waals surface area contributed by atoms with Gasteiger partial charge in [0.15, 0.2) is 15.8 Å². The van der Waals surface area contributed by atoms with Crippen molar-refractivity contribution in [1.82, 2.24) is 15.4 Å². The van der Waals surface area contributed by atoms with Crippen LogP contribution < -0.4 is 10.1 Å². The van der Waals surface area contributed by atoms with Gasteiger partial charge in [-0.1, -0.05) is 48.5 Å². The van der Waals surface area contributed by atoms with E-state index in [2.05, 4.69) is 27.6 Å². The minimum absolute atomic E-state index is 0.188. The number of ether oxygens (including phenoxy) is 1. The van der Waals surface area contributed by atoms with Crippen molar-refractivity contribution in [1.29, 1.82) is 0 Å². The van der Waals surface area contributed by atoms with Gasteiger partial charge in [0.25, 0.3) is 5.91 Å². The number of carbonyl (C=O) groups excluding carboxylic acids is 1. The number of aromatic nitrogens is 3. The third kappa shape index (κ3) is 5.30. The van der Waals surface area contributed by atoms with Gasteiger partial charge >= 0.3 is 0 Å². The van der Waals surface area contributed by atoms with Crippen LogP contribution in [-0.4, -0.2) is 33.6 Å². The number of anilines is 1. The van der Waals surface area contributed by atoms with Crippen LogP contribution in [0.3, 0.4) is 0 Å². The fraction of sp³-hybridized carbons (Fsp3) is 0.333. The van der Waals surface area contributed by atoms with Crippen molar-refractivity contribution in [2.24, 2.45) is 0 Å². The van der Waals surface area contributed by atoms with E-state index < -0.39 is 0 Å². The fourth-order valence-electron chi connectivity index (χ4n) is 2.17. The zero-order chi connectivity index (χ0) is 19.1. The lowest BCUT2D eigenvalue weighted by molar-refractivity contribution is 0.101. The van der Waals surface area contributed by atoms with Crippen molar-refractivity contribution in [3.63, 3.8) is 0 Å². The third-order valence-electron chi connectivity index (χ3n) is 3.54. The van der Waals surface area contributed by atoms with Gasteiger partial charge in [-0.15, -0.1) is 10.2 Å². The van der Waals surface area contributed by atoms with Gasteiger partial charge in [0.2, 0.25) is 5.13 Å². The Morgan fingerprint density at radius 2 is 2.07 bits per heavy atom. The van der Waals surface area contributed by atoms with E-state index in [9.17, 15) is 4.79 Å². The first-order chi connectivity index (χ1) is 13.2. The molecule has 3 aromatic rings. The summed E-state index contributed by atoms with van der Waals surface area (Å²) >= 11 is 2.91. The van der Waals surface area contributed by atoms with Crippen LogP contribution in [0.1, 0.15) is 37.2 Å². The zero-order valence-corrected chi connectivity index (χ0v) is 16.7. The third-order valence-corrected chi connectivity index (χ3v) is 5.40. The first-order valence-electron chi connectivity index (χ1n) is 8.67. The average Bonchev–Trinajstić information content (AvgIpc) is 3.33. The molecule has 1 amide bonds. The summed E-state index contributed by atoms with van der Waals surface area (Å²) in [5.41, 5.74) is 1.01. The highest BCUT2D eigenvalue weighted by molar-refractivity contribution is 8.01. The molecule has 0 unspecified atom stereocenters. The van der Waals surface area contributed by atoms with Crippen LogP contribution in [0, 0.1) is 0 Å². The van der Waals surface area contributed by atoms with Crippen LogP contribution in [0.15, 0.2) is 39.2 Å². The standard InChI is InChI=1S/C18H20N4O3S2/c1-3-5-10-24-13-8-6-12(7-9-13)15-11-14(22-25-15)16(23)19-17-20-21-18(27-17)26-4-2/h6-9,11H,3-5,10H2,1-2H3,(H,19,20,23). The second kappa shape index (κ2) is 9.52. The molecule has 0 saturated carbocycles. The molecule has 0 aliphatic heterocycles. The Bertz CT molecular complexity index is 877. The number of benzene rings is 1. The van der Waals surface area contributed by atoms with Crippen molar-refractivity contribution in [2.75, 3.05) is 17.7 Å². The maximum absolute atomic E-state index is 12.3. The van der Waals surface area contributed by atoms with E-state index in [1.807, 2.05) is 31.2 Å². The number of hydrogen-bond donors (Lipinski definition) is 1. The molecule has 0 atom stereocenters. The molecule has 2 heterocycles. The van der Waals surface area contributed by atoms with Crippen molar-refractivity contribution in [2.45, 2.75) is 31.0 Å². The van der Waals surface area contributed by atoms with E-state index in [4.69, 9.17) is 9.26 Å². The van der Waals surface area contributed by atoms with Crippen LogP contribution >= 0.6 is 23.1 Å². The quantitative estimate of drug-likeness (QED) is 0.313. The summed E-state index contributed by atoms with van der Waals surface area (Å²) in [5, 5.41) is 14.9. The monoisotopic (exact) mass is 404 g/mol. The number of nitrogens with one attached hydrogen (secondary N) is 1. The SMILES string of the molecule is CCCCOc1ccc(-c2cc(C(=O)Nc3nnc(SCC)s3)no2)cc1. The summed E-state index contributed by atoms with van der Waals surface area (Å²) in [5.74, 6) is 1.84. The molecule has 1 N–H and O–H groups in total. The first kappa shape index (κ1) is 19.4. The van der Waals surface area contributed by atoms with Crippen LogP contribution in [0.2, 0.25) is 0 Å². The molecule has 2 aromatic heterocycles. The van der Waals surface area contributed by atoms with E-state index in [-0.39, 0.29) is 11.6 Å². The highest BCUT2D eigenvalue weighted by Gasteiger charge is 2.16. The lowest BCUT2D eigenvalue weighted by Gasteiger charge is -2.05. The Balaban J connectivity index is 1.62. The van der Waals surface area contributed by atoms with Gasteiger partial charge < -0.3 is 9.26 Å². The van der Waals surface area contributed by atoms with Gasteiger partial charge in [-0.05, 0) is 36.4 Å². The molecule has 0 aliphatic carbocycles. The van der Waals surface area contributed by atoms with E-state index >= 15 is 0 Å². The molecule has 142 valence electrons. The lowest BCUT2D eigenvalue weighted by atomic mass is 10.1. The number of nitrogens with zero attached hydrogens (tertiary/aromatic N) is 3. The summed E-state index contributed by atoms with van der Waals surface area (Å²) in [6.45, 7) is 4.86. The summed E-state index contributed by atoms with van der Waals surface area (Å²) in [7, 11) is 0. The molecule has 3 rings (SSSR count). The normalized spacial score (nSPS) is 10.7. The molecular weight excluding hydrogens is 384 g/mol. The number of rotatable bonds is 9. The molecule has 0 bridgehead atoms. The van der Waals surface area contributed by atoms with E-state index in [0.29, 0.717) is 17.5 Å². The smallest absolute Gasteiger partial charge is 0.279 e. The minimum Gasteiger partial charge on any atom is -0.494 e. The van der Waals surface area contributed by atoms with Crippen LogP contribution in [0.25, 0.3) is 11.3 Å². The molecular formula is C18H20N4O3S2. The van der Waals surface area contributed by atoms with Crippen LogP contribution in [-0.2, 0) is 0 Å². The van der Waals surface area contributed by atoms with Crippen LogP contribution in [0.4, 0.5) is 5.13 Å². The van der Waals surface area contributed by atoms with Gasteiger partial charge in [0.05, 0.1) is 6.61 Å². The Hall–Kier alpha value is -2.39. The largest absolute Gasteiger partial charge is 0.494 e. The highest BCUT2D eigenvalue weighted by atomic mass is 32.2. The Morgan fingerprint density at radius 1 is 1.26 bits per heavy atom.